The number of nitrogens with one attached hydrogen (secondary N) is 3. The zero-order valence-electron chi connectivity index (χ0n) is 19.7. The van der Waals surface area contributed by atoms with Gasteiger partial charge in [0.05, 0.1) is 4.90 Å². The summed E-state index contributed by atoms with van der Waals surface area (Å²) in [6, 6.07) is 13.4. The lowest BCUT2D eigenvalue weighted by atomic mass is 10.2. The predicted octanol–water partition coefficient (Wildman–Crippen LogP) is 3.01. The maximum Gasteiger partial charge on any atom is 0.306 e. The van der Waals surface area contributed by atoms with Gasteiger partial charge < -0.3 is 15.4 Å². The van der Waals surface area contributed by atoms with Crippen LogP contribution in [-0.4, -0.2) is 48.8 Å². The summed E-state index contributed by atoms with van der Waals surface area (Å²) in [6.45, 7) is 1.66. The Hall–Kier alpha value is -4.03. The minimum absolute atomic E-state index is 0.00318. The fraction of sp³-hybridized carbons (Fsp3) is 0.208. The van der Waals surface area contributed by atoms with Crippen LogP contribution in [0.15, 0.2) is 71.9 Å². The van der Waals surface area contributed by atoms with Crippen molar-refractivity contribution >= 4 is 51.0 Å². The first-order chi connectivity index (χ1) is 17.6. The second kappa shape index (κ2) is 12.8. The van der Waals surface area contributed by atoms with Crippen molar-refractivity contribution in [3.8, 4) is 0 Å². The Kier molecular flexibility index (Phi) is 9.52. The van der Waals surface area contributed by atoms with E-state index in [2.05, 4.69) is 25.3 Å². The van der Waals surface area contributed by atoms with Crippen molar-refractivity contribution in [1.29, 1.82) is 0 Å². The number of ether oxygens (including phenoxy) is 1. The lowest BCUT2D eigenvalue weighted by Crippen LogP contribution is -2.30. The van der Waals surface area contributed by atoms with Gasteiger partial charge in [0.15, 0.2) is 6.10 Å². The van der Waals surface area contributed by atoms with Gasteiger partial charge in [0.25, 0.3) is 21.8 Å². The number of carbonyl (C=O) groups excluding carboxylic acids is 3. The fourth-order valence-electron chi connectivity index (χ4n) is 2.94. The van der Waals surface area contributed by atoms with Crippen LogP contribution in [0, 0.1) is 0 Å². The molecule has 0 unspecified atom stereocenters. The monoisotopic (exact) mass is 545 g/mol. The summed E-state index contributed by atoms with van der Waals surface area (Å²) >= 11 is 5.79. The van der Waals surface area contributed by atoms with Crippen molar-refractivity contribution in [2.75, 3.05) is 16.6 Å². The van der Waals surface area contributed by atoms with Gasteiger partial charge in [0, 0.05) is 41.6 Å². The number of anilines is 2. The van der Waals surface area contributed by atoms with Crippen LogP contribution in [0.25, 0.3) is 0 Å². The first kappa shape index (κ1) is 27.6. The van der Waals surface area contributed by atoms with Crippen LogP contribution in [-0.2, 0) is 24.3 Å². The number of hydrogen-bond acceptors (Lipinski definition) is 8. The number of rotatable bonds is 11. The highest BCUT2D eigenvalue weighted by molar-refractivity contribution is 7.92. The quantitative estimate of drug-likeness (QED) is 0.245. The Labute approximate surface area is 218 Å². The van der Waals surface area contributed by atoms with Gasteiger partial charge in [-0.05, 0) is 67.9 Å². The van der Waals surface area contributed by atoms with Crippen molar-refractivity contribution < 1.29 is 27.5 Å². The van der Waals surface area contributed by atoms with E-state index in [4.69, 9.17) is 16.3 Å². The van der Waals surface area contributed by atoms with E-state index < -0.39 is 28.0 Å². The van der Waals surface area contributed by atoms with E-state index in [9.17, 15) is 22.8 Å². The van der Waals surface area contributed by atoms with Gasteiger partial charge in [0.1, 0.15) is 0 Å². The molecule has 3 aromatic rings. The predicted molar refractivity (Wildman–Crippen MR) is 136 cm³/mol. The summed E-state index contributed by atoms with van der Waals surface area (Å²) in [5.41, 5.74) is 0.761. The molecule has 1 atom stereocenters. The molecular weight excluding hydrogens is 522 g/mol. The number of nitrogens with zero attached hydrogens (tertiary/aromatic N) is 2. The highest BCUT2D eigenvalue weighted by Crippen LogP contribution is 2.17. The zero-order chi connectivity index (χ0) is 26.8. The number of amides is 2. The molecule has 2 amide bonds. The molecule has 194 valence electrons. The van der Waals surface area contributed by atoms with Crippen molar-refractivity contribution in [1.82, 2.24) is 15.3 Å². The molecule has 3 rings (SSSR count). The standard InChI is InChI=1S/C24H24ClN5O6S/c1-16(36-21(31)4-2-13-26-23(33)17-5-7-18(25)8-6-17)22(32)29-19-9-11-20(12-10-19)37(34,35)30-24-27-14-3-15-28-24/h3,5-12,14-16H,2,4,13H2,1H3,(H,26,33)(H,29,32)(H,27,28,30)/t16-/m0/s1. The molecule has 0 aliphatic rings. The number of carbonyl (C=O) groups is 3. The molecule has 3 N–H and O–H groups in total. The Morgan fingerprint density at radius 1 is 1.00 bits per heavy atom. The second-order valence-corrected chi connectivity index (χ2v) is 9.81. The first-order valence-corrected chi connectivity index (χ1v) is 12.9. The summed E-state index contributed by atoms with van der Waals surface area (Å²) in [7, 11) is -3.91. The van der Waals surface area contributed by atoms with Crippen LogP contribution < -0.4 is 15.4 Å². The normalized spacial score (nSPS) is 11.7. The third kappa shape index (κ3) is 8.54. The molecule has 0 aliphatic carbocycles. The summed E-state index contributed by atoms with van der Waals surface area (Å²) in [6.07, 6.45) is 2.04. The Balaban J connectivity index is 1.41. The molecule has 0 fully saturated rings. The average molecular weight is 546 g/mol. The van der Waals surface area contributed by atoms with Crippen LogP contribution in [0.3, 0.4) is 0 Å². The van der Waals surface area contributed by atoms with Crippen LogP contribution in [0.2, 0.25) is 5.02 Å². The molecule has 1 heterocycles. The number of benzene rings is 2. The summed E-state index contributed by atoms with van der Waals surface area (Å²) in [5, 5.41) is 5.77. The minimum Gasteiger partial charge on any atom is -0.453 e. The topological polar surface area (TPSA) is 156 Å². The number of sulfonamides is 1. The van der Waals surface area contributed by atoms with Gasteiger partial charge in [-0.3, -0.25) is 14.4 Å². The summed E-state index contributed by atoms with van der Waals surface area (Å²) in [5.74, 6) is -1.55. The third-order valence-corrected chi connectivity index (χ3v) is 6.45. The SMILES string of the molecule is C[C@H](OC(=O)CCCNC(=O)c1ccc(Cl)cc1)C(=O)Nc1ccc(S(=O)(=O)Nc2ncccn2)cc1. The van der Waals surface area contributed by atoms with Gasteiger partial charge in [-0.25, -0.2) is 23.1 Å². The molecule has 0 spiro atoms. The highest BCUT2D eigenvalue weighted by atomic mass is 35.5. The van der Waals surface area contributed by atoms with E-state index in [1.807, 2.05) is 0 Å². The van der Waals surface area contributed by atoms with Crippen molar-refractivity contribution in [3.05, 3.63) is 77.6 Å². The lowest BCUT2D eigenvalue weighted by Gasteiger charge is -2.14. The first-order valence-electron chi connectivity index (χ1n) is 11.1. The van der Waals surface area contributed by atoms with Crippen molar-refractivity contribution in [2.45, 2.75) is 30.8 Å². The molecule has 0 bridgehead atoms. The second-order valence-electron chi connectivity index (χ2n) is 7.69. The Morgan fingerprint density at radius 2 is 1.65 bits per heavy atom. The van der Waals surface area contributed by atoms with E-state index in [-0.39, 0.29) is 29.7 Å². The van der Waals surface area contributed by atoms with Gasteiger partial charge >= 0.3 is 5.97 Å². The van der Waals surface area contributed by atoms with Crippen molar-refractivity contribution in [2.24, 2.45) is 0 Å². The third-order valence-electron chi connectivity index (χ3n) is 4.85. The van der Waals surface area contributed by atoms with Crippen LogP contribution in [0.4, 0.5) is 11.6 Å². The molecule has 1 aromatic heterocycles. The molecule has 37 heavy (non-hydrogen) atoms. The molecule has 0 saturated heterocycles. The van der Waals surface area contributed by atoms with Crippen LogP contribution >= 0.6 is 11.6 Å². The molecule has 11 nitrogen and oxygen atoms in total. The molecular formula is C24H24ClN5O6S. The molecule has 0 radical (unpaired) electrons. The van der Waals surface area contributed by atoms with Crippen molar-refractivity contribution in [3.63, 3.8) is 0 Å². The van der Waals surface area contributed by atoms with Gasteiger partial charge in [-0.1, -0.05) is 11.6 Å². The number of esters is 1. The van der Waals surface area contributed by atoms with Crippen LogP contribution in [0.5, 0.6) is 0 Å². The highest BCUT2D eigenvalue weighted by Gasteiger charge is 2.19. The van der Waals surface area contributed by atoms with Gasteiger partial charge in [0.2, 0.25) is 5.95 Å². The molecule has 2 aromatic carbocycles. The van der Waals surface area contributed by atoms with E-state index in [1.165, 1.54) is 43.6 Å². The lowest BCUT2D eigenvalue weighted by molar-refractivity contribution is -0.153. The maximum atomic E-state index is 12.4. The average Bonchev–Trinajstić information content (AvgIpc) is 2.87. The Bertz CT molecular complexity index is 1340. The molecule has 0 aliphatic heterocycles. The van der Waals surface area contributed by atoms with E-state index in [1.54, 1.807) is 30.3 Å². The zero-order valence-corrected chi connectivity index (χ0v) is 21.3. The molecule has 13 heteroatoms. The largest absolute Gasteiger partial charge is 0.453 e. The van der Waals surface area contributed by atoms with Gasteiger partial charge in [-0.15, -0.1) is 0 Å². The smallest absolute Gasteiger partial charge is 0.306 e. The van der Waals surface area contributed by atoms with E-state index in [0.29, 0.717) is 22.7 Å². The Morgan fingerprint density at radius 3 is 2.30 bits per heavy atom. The summed E-state index contributed by atoms with van der Waals surface area (Å²) < 4.78 is 32.2. The minimum atomic E-state index is -3.91. The van der Waals surface area contributed by atoms with E-state index >= 15 is 0 Å². The maximum absolute atomic E-state index is 12.4. The number of aromatic nitrogens is 2. The fourth-order valence-corrected chi connectivity index (χ4v) is 4.02. The van der Waals surface area contributed by atoms with Gasteiger partial charge in [-0.2, -0.15) is 0 Å². The summed E-state index contributed by atoms with van der Waals surface area (Å²) in [4.78, 5) is 44.0. The molecule has 0 saturated carbocycles. The van der Waals surface area contributed by atoms with Crippen LogP contribution in [0.1, 0.15) is 30.1 Å². The van der Waals surface area contributed by atoms with E-state index in [0.717, 1.165) is 0 Å². The number of hydrogen-bond donors (Lipinski definition) is 3. The number of halogens is 1.